The third-order valence-corrected chi connectivity index (χ3v) is 4.27. The predicted molar refractivity (Wildman–Crippen MR) is 88.7 cm³/mol. The molecule has 1 aromatic heterocycles. The Balaban J connectivity index is 2.11. The van der Waals surface area contributed by atoms with Gasteiger partial charge in [-0.1, -0.05) is 0 Å². The van der Waals surface area contributed by atoms with Gasteiger partial charge in [-0.15, -0.1) is 0 Å². The lowest BCUT2D eigenvalue weighted by Crippen LogP contribution is -2.54. The van der Waals surface area contributed by atoms with Crippen LogP contribution in [-0.2, 0) is 0 Å². The van der Waals surface area contributed by atoms with Crippen LogP contribution < -0.4 is 5.32 Å². The Bertz CT molecular complexity index is 519. The number of rotatable bonds is 2. The lowest BCUT2D eigenvalue weighted by atomic mass is 10.0. The number of halogens is 1. The summed E-state index contributed by atoms with van der Waals surface area (Å²) in [5.74, 6) is 0.670. The van der Waals surface area contributed by atoms with Gasteiger partial charge in [0.15, 0.2) is 0 Å². The molecule has 1 N–H and O–H groups in total. The molecule has 1 amide bonds. The number of hydrogen-bond acceptors (Lipinski definition) is 4. The first-order chi connectivity index (χ1) is 9.82. The van der Waals surface area contributed by atoms with Gasteiger partial charge in [0, 0.05) is 49.4 Å². The van der Waals surface area contributed by atoms with Crippen molar-refractivity contribution in [3.63, 3.8) is 0 Å². The highest BCUT2D eigenvalue weighted by molar-refractivity contribution is 9.10. The lowest BCUT2D eigenvalue weighted by Gasteiger charge is -2.42. The minimum absolute atomic E-state index is 0.0432. The fourth-order valence-corrected chi connectivity index (χ4v) is 2.88. The van der Waals surface area contributed by atoms with Crippen LogP contribution in [0, 0.1) is 0 Å². The summed E-state index contributed by atoms with van der Waals surface area (Å²) in [5.41, 5.74) is 0.777. The Morgan fingerprint density at radius 2 is 1.90 bits per heavy atom. The van der Waals surface area contributed by atoms with E-state index in [1.807, 2.05) is 11.0 Å². The normalized spacial score (nSPS) is 16.9. The molecule has 2 rings (SSSR count). The molecule has 116 valence electrons. The van der Waals surface area contributed by atoms with Gasteiger partial charge in [-0.2, -0.15) is 0 Å². The number of aromatic nitrogens is 1. The van der Waals surface area contributed by atoms with E-state index in [0.29, 0.717) is 11.4 Å². The Labute approximate surface area is 134 Å². The van der Waals surface area contributed by atoms with Gasteiger partial charge in [0.1, 0.15) is 5.82 Å². The van der Waals surface area contributed by atoms with Crippen molar-refractivity contribution in [2.45, 2.75) is 26.3 Å². The number of nitrogens with one attached hydrogen (secondary N) is 1. The van der Waals surface area contributed by atoms with E-state index in [0.717, 1.165) is 30.7 Å². The van der Waals surface area contributed by atoms with Crippen LogP contribution in [0.5, 0.6) is 0 Å². The fraction of sp³-hybridized carbons (Fsp3) is 0.600. The van der Waals surface area contributed by atoms with Crippen molar-refractivity contribution in [1.29, 1.82) is 0 Å². The SMILES string of the molecule is CNc1ncc(Br)cc1C(=O)N1CCN(C(C)(C)C)CC1. The van der Waals surface area contributed by atoms with Gasteiger partial charge in [-0.25, -0.2) is 4.98 Å². The average molecular weight is 355 g/mol. The van der Waals surface area contributed by atoms with E-state index in [1.54, 1.807) is 13.2 Å². The summed E-state index contributed by atoms with van der Waals surface area (Å²) in [4.78, 5) is 21.3. The van der Waals surface area contributed by atoms with Crippen molar-refractivity contribution >= 4 is 27.7 Å². The first kappa shape index (κ1) is 16.2. The average Bonchev–Trinajstić information content (AvgIpc) is 2.45. The molecular weight excluding hydrogens is 332 g/mol. The van der Waals surface area contributed by atoms with Crippen LogP contribution in [0.4, 0.5) is 5.82 Å². The van der Waals surface area contributed by atoms with Gasteiger partial charge in [-0.3, -0.25) is 9.69 Å². The van der Waals surface area contributed by atoms with E-state index >= 15 is 0 Å². The number of carbonyl (C=O) groups excluding carboxylic acids is 1. The highest BCUT2D eigenvalue weighted by atomic mass is 79.9. The number of nitrogens with zero attached hydrogens (tertiary/aromatic N) is 3. The number of carbonyl (C=O) groups is 1. The van der Waals surface area contributed by atoms with Gasteiger partial charge in [0.2, 0.25) is 0 Å². The molecule has 1 aliphatic heterocycles. The van der Waals surface area contributed by atoms with E-state index in [9.17, 15) is 4.79 Å². The maximum Gasteiger partial charge on any atom is 0.257 e. The summed E-state index contributed by atoms with van der Waals surface area (Å²) in [6, 6.07) is 1.83. The molecule has 2 heterocycles. The highest BCUT2D eigenvalue weighted by Gasteiger charge is 2.29. The summed E-state index contributed by atoms with van der Waals surface area (Å²) in [6.07, 6.45) is 1.69. The van der Waals surface area contributed by atoms with Gasteiger partial charge in [0.25, 0.3) is 5.91 Å². The topological polar surface area (TPSA) is 48.5 Å². The highest BCUT2D eigenvalue weighted by Crippen LogP contribution is 2.21. The van der Waals surface area contributed by atoms with Gasteiger partial charge in [-0.05, 0) is 42.8 Å². The Kier molecular flexibility index (Phi) is 4.88. The molecular formula is C15H23BrN4O. The number of amides is 1. The predicted octanol–water partition coefficient (Wildman–Crippen LogP) is 2.44. The summed E-state index contributed by atoms with van der Waals surface area (Å²) in [5, 5.41) is 2.99. The second kappa shape index (κ2) is 6.32. The third-order valence-electron chi connectivity index (χ3n) is 3.84. The smallest absolute Gasteiger partial charge is 0.257 e. The van der Waals surface area contributed by atoms with Gasteiger partial charge in [0.05, 0.1) is 5.56 Å². The van der Waals surface area contributed by atoms with E-state index in [-0.39, 0.29) is 11.4 Å². The third kappa shape index (κ3) is 3.74. The molecule has 1 fully saturated rings. The molecule has 0 radical (unpaired) electrons. The van der Waals surface area contributed by atoms with E-state index in [4.69, 9.17) is 0 Å². The Morgan fingerprint density at radius 1 is 1.29 bits per heavy atom. The van der Waals surface area contributed by atoms with Crippen LogP contribution in [0.2, 0.25) is 0 Å². The van der Waals surface area contributed by atoms with Crippen LogP contribution in [-0.4, -0.2) is 59.5 Å². The van der Waals surface area contributed by atoms with Crippen LogP contribution in [0.3, 0.4) is 0 Å². The first-order valence-electron chi connectivity index (χ1n) is 7.20. The molecule has 1 aliphatic rings. The molecule has 21 heavy (non-hydrogen) atoms. The molecule has 0 unspecified atom stereocenters. The van der Waals surface area contributed by atoms with Gasteiger partial charge >= 0.3 is 0 Å². The monoisotopic (exact) mass is 354 g/mol. The molecule has 5 nitrogen and oxygen atoms in total. The maximum absolute atomic E-state index is 12.7. The molecule has 0 saturated carbocycles. The molecule has 1 aromatic rings. The summed E-state index contributed by atoms with van der Waals surface area (Å²) in [6.45, 7) is 9.96. The summed E-state index contributed by atoms with van der Waals surface area (Å²) < 4.78 is 0.818. The zero-order chi connectivity index (χ0) is 15.6. The van der Waals surface area contributed by atoms with E-state index in [2.05, 4.69) is 51.9 Å². The van der Waals surface area contributed by atoms with Crippen LogP contribution in [0.25, 0.3) is 0 Å². The van der Waals surface area contributed by atoms with Crippen molar-refractivity contribution in [3.8, 4) is 0 Å². The second-order valence-corrected chi connectivity index (χ2v) is 7.17. The molecule has 0 atom stereocenters. The second-order valence-electron chi connectivity index (χ2n) is 6.25. The van der Waals surface area contributed by atoms with Crippen LogP contribution >= 0.6 is 15.9 Å². The Hall–Kier alpha value is -1.14. The zero-order valence-corrected chi connectivity index (χ0v) is 14.7. The van der Waals surface area contributed by atoms with Gasteiger partial charge < -0.3 is 10.2 Å². The molecule has 0 aromatic carbocycles. The van der Waals surface area contributed by atoms with Crippen LogP contribution in [0.15, 0.2) is 16.7 Å². The van der Waals surface area contributed by atoms with E-state index in [1.165, 1.54) is 0 Å². The molecule has 0 aliphatic carbocycles. The summed E-state index contributed by atoms with van der Waals surface area (Å²) >= 11 is 3.38. The van der Waals surface area contributed by atoms with Crippen molar-refractivity contribution in [3.05, 3.63) is 22.3 Å². The van der Waals surface area contributed by atoms with Crippen LogP contribution in [0.1, 0.15) is 31.1 Å². The summed E-state index contributed by atoms with van der Waals surface area (Å²) in [7, 11) is 1.78. The number of anilines is 1. The molecule has 0 bridgehead atoms. The maximum atomic E-state index is 12.7. The van der Waals surface area contributed by atoms with E-state index < -0.39 is 0 Å². The lowest BCUT2D eigenvalue weighted by molar-refractivity contribution is 0.0451. The molecule has 1 saturated heterocycles. The number of piperazine rings is 1. The standard InChI is InChI=1S/C15H23BrN4O/c1-15(2,3)20-7-5-19(6-8-20)14(21)12-9-11(16)10-18-13(12)17-4/h9-10H,5-8H2,1-4H3,(H,17,18). The fourth-order valence-electron chi connectivity index (χ4n) is 2.55. The molecule has 6 heteroatoms. The van der Waals surface area contributed by atoms with Crippen molar-refractivity contribution in [2.24, 2.45) is 0 Å². The minimum Gasteiger partial charge on any atom is -0.372 e. The quantitative estimate of drug-likeness (QED) is 0.885. The minimum atomic E-state index is 0.0432. The first-order valence-corrected chi connectivity index (χ1v) is 8.00. The zero-order valence-electron chi connectivity index (χ0n) is 13.1. The largest absolute Gasteiger partial charge is 0.372 e. The Morgan fingerprint density at radius 3 is 2.43 bits per heavy atom. The molecule has 0 spiro atoms. The van der Waals surface area contributed by atoms with Crippen molar-refractivity contribution in [1.82, 2.24) is 14.8 Å². The van der Waals surface area contributed by atoms with Crippen molar-refractivity contribution < 1.29 is 4.79 Å². The number of pyridine rings is 1. The van der Waals surface area contributed by atoms with Crippen molar-refractivity contribution in [2.75, 3.05) is 38.5 Å². The number of hydrogen-bond donors (Lipinski definition) is 1.